The van der Waals surface area contributed by atoms with Crippen LogP contribution in [0.4, 0.5) is 9.18 Å². The number of carbonyl (C=O) groups is 1. The van der Waals surface area contributed by atoms with Crippen LogP contribution >= 0.6 is 0 Å². The van der Waals surface area contributed by atoms with Gasteiger partial charge in [-0.25, -0.2) is 9.18 Å². The van der Waals surface area contributed by atoms with Gasteiger partial charge in [0, 0.05) is 18.7 Å². The predicted octanol–water partition coefficient (Wildman–Crippen LogP) is 3.56. The van der Waals surface area contributed by atoms with Gasteiger partial charge in [0.1, 0.15) is 11.6 Å². The van der Waals surface area contributed by atoms with Gasteiger partial charge in [-0.05, 0) is 44.2 Å². The van der Waals surface area contributed by atoms with Crippen LogP contribution < -0.4 is 0 Å². The lowest BCUT2D eigenvalue weighted by atomic mass is 9.88. The molecule has 1 N–H and O–H groups in total. The average Bonchev–Trinajstić information content (AvgIpc) is 2.55. The first kappa shape index (κ1) is 16.5. The summed E-state index contributed by atoms with van der Waals surface area (Å²) in [5.74, 6) is 0.322. The maximum atomic E-state index is 14.3. The summed E-state index contributed by atoms with van der Waals surface area (Å²) < 4.78 is 19.4. The number of hydrogen-bond acceptors (Lipinski definition) is 3. The highest BCUT2D eigenvalue weighted by molar-refractivity contribution is 5.68. The van der Waals surface area contributed by atoms with E-state index in [0.29, 0.717) is 42.8 Å². The molecule has 1 heterocycles. The fraction of sp³-hybridized carbons (Fsp3) is 0.471. The van der Waals surface area contributed by atoms with Gasteiger partial charge in [-0.2, -0.15) is 0 Å². The molecule has 22 heavy (non-hydrogen) atoms. The number of rotatable bonds is 3. The lowest BCUT2D eigenvalue weighted by molar-refractivity contribution is 0.116. The molecule has 0 bridgehead atoms. The lowest BCUT2D eigenvalue weighted by Crippen LogP contribution is -2.38. The average molecular weight is 307 g/mol. The number of piperidine rings is 1. The molecule has 1 aromatic rings. The predicted molar refractivity (Wildman–Crippen MR) is 81.8 cm³/mol. The van der Waals surface area contributed by atoms with E-state index in [1.54, 1.807) is 36.1 Å². The molecule has 0 radical (unpaired) electrons. The maximum absolute atomic E-state index is 14.3. The number of benzene rings is 1. The lowest BCUT2D eigenvalue weighted by Gasteiger charge is -2.31. The molecule has 0 saturated carbocycles. The number of nitrogens with zero attached hydrogens (tertiary/aromatic N) is 1. The fourth-order valence-corrected chi connectivity index (χ4v) is 2.67. The molecule has 1 amide bonds. The summed E-state index contributed by atoms with van der Waals surface area (Å²) in [6.07, 6.45) is 2.77. The minimum absolute atomic E-state index is 0.0679. The molecule has 120 valence electrons. The second-order valence-electron chi connectivity index (χ2n) is 5.51. The Morgan fingerprint density at radius 1 is 1.45 bits per heavy atom. The first-order valence-corrected chi connectivity index (χ1v) is 7.54. The summed E-state index contributed by atoms with van der Waals surface area (Å²) in [6, 6.07) is 5.11. The van der Waals surface area contributed by atoms with Crippen molar-refractivity contribution in [3.63, 3.8) is 0 Å². The molecule has 0 unspecified atom stereocenters. The van der Waals surface area contributed by atoms with Gasteiger partial charge in [-0.15, -0.1) is 0 Å². The minimum atomic E-state index is -0.348. The molecule has 1 aliphatic rings. The second kappa shape index (κ2) is 7.40. The van der Waals surface area contributed by atoms with Crippen molar-refractivity contribution in [1.29, 1.82) is 0 Å². The van der Waals surface area contributed by atoms with Crippen LogP contribution in [0, 0.1) is 5.82 Å². The molecule has 1 fully saturated rings. The SMILES string of the molecule is C/C=C(/C)OC(=O)N1CCC(c2cccc(CO)c2F)CC1. The molecule has 1 aliphatic heterocycles. The highest BCUT2D eigenvalue weighted by Crippen LogP contribution is 2.31. The number of aliphatic hydroxyl groups excluding tert-OH is 1. The van der Waals surface area contributed by atoms with E-state index in [1.807, 2.05) is 6.92 Å². The third-order valence-corrected chi connectivity index (χ3v) is 4.13. The summed E-state index contributed by atoms with van der Waals surface area (Å²) in [5, 5.41) is 9.15. The van der Waals surface area contributed by atoms with Crippen LogP contribution in [0.2, 0.25) is 0 Å². The van der Waals surface area contributed by atoms with E-state index < -0.39 is 0 Å². The van der Waals surface area contributed by atoms with Crippen LogP contribution in [0.1, 0.15) is 43.7 Å². The number of halogens is 1. The summed E-state index contributed by atoms with van der Waals surface area (Å²) in [5.41, 5.74) is 0.951. The maximum Gasteiger partial charge on any atom is 0.414 e. The Hall–Kier alpha value is -1.88. The van der Waals surface area contributed by atoms with Gasteiger partial charge in [-0.3, -0.25) is 0 Å². The third kappa shape index (κ3) is 3.65. The van der Waals surface area contributed by atoms with E-state index in [4.69, 9.17) is 9.84 Å². The van der Waals surface area contributed by atoms with Crippen LogP contribution in [0.15, 0.2) is 30.0 Å². The molecular weight excluding hydrogens is 285 g/mol. The molecular formula is C17H22FNO3. The van der Waals surface area contributed by atoms with Crippen molar-refractivity contribution in [3.8, 4) is 0 Å². The van der Waals surface area contributed by atoms with Crippen molar-refractivity contribution >= 4 is 6.09 Å². The smallest absolute Gasteiger partial charge is 0.414 e. The van der Waals surface area contributed by atoms with E-state index in [0.717, 1.165) is 0 Å². The Labute approximate surface area is 130 Å². The normalized spacial score (nSPS) is 16.7. The van der Waals surface area contributed by atoms with Crippen LogP contribution in [0.3, 0.4) is 0 Å². The van der Waals surface area contributed by atoms with Crippen molar-refractivity contribution in [3.05, 3.63) is 47.0 Å². The molecule has 5 heteroatoms. The molecule has 1 saturated heterocycles. The Morgan fingerprint density at radius 3 is 2.73 bits per heavy atom. The number of carbonyl (C=O) groups excluding carboxylic acids is 1. The fourth-order valence-electron chi connectivity index (χ4n) is 2.67. The van der Waals surface area contributed by atoms with Crippen molar-refractivity contribution in [2.45, 2.75) is 39.2 Å². The summed E-state index contributed by atoms with van der Waals surface area (Å²) in [4.78, 5) is 13.6. The van der Waals surface area contributed by atoms with E-state index in [9.17, 15) is 9.18 Å². The van der Waals surface area contributed by atoms with Gasteiger partial charge in [0.05, 0.1) is 6.61 Å². The Kier molecular flexibility index (Phi) is 5.55. The molecule has 0 aliphatic carbocycles. The van der Waals surface area contributed by atoms with Gasteiger partial charge in [0.2, 0.25) is 0 Å². The topological polar surface area (TPSA) is 49.8 Å². The van der Waals surface area contributed by atoms with E-state index in [2.05, 4.69) is 0 Å². The van der Waals surface area contributed by atoms with Crippen molar-refractivity contribution in [2.75, 3.05) is 13.1 Å². The largest absolute Gasteiger partial charge is 0.415 e. The monoisotopic (exact) mass is 307 g/mol. The highest BCUT2D eigenvalue weighted by Gasteiger charge is 2.27. The zero-order valence-electron chi connectivity index (χ0n) is 13.0. The number of aliphatic hydroxyl groups is 1. The first-order chi connectivity index (χ1) is 10.6. The summed E-state index contributed by atoms with van der Waals surface area (Å²) >= 11 is 0. The second-order valence-corrected chi connectivity index (χ2v) is 5.51. The Balaban J connectivity index is 1.99. The minimum Gasteiger partial charge on any atom is -0.415 e. The molecule has 2 rings (SSSR count). The van der Waals surface area contributed by atoms with Crippen LogP contribution in [-0.2, 0) is 11.3 Å². The number of likely N-dealkylation sites (tertiary alicyclic amines) is 1. The van der Waals surface area contributed by atoms with E-state index in [1.165, 1.54) is 0 Å². The van der Waals surface area contributed by atoms with Gasteiger partial charge >= 0.3 is 6.09 Å². The van der Waals surface area contributed by atoms with Crippen molar-refractivity contribution in [1.82, 2.24) is 4.90 Å². The number of ether oxygens (including phenoxy) is 1. The number of hydrogen-bond donors (Lipinski definition) is 1. The Morgan fingerprint density at radius 2 is 2.14 bits per heavy atom. The van der Waals surface area contributed by atoms with E-state index >= 15 is 0 Å². The third-order valence-electron chi connectivity index (χ3n) is 4.13. The van der Waals surface area contributed by atoms with Crippen molar-refractivity contribution in [2.24, 2.45) is 0 Å². The molecule has 4 nitrogen and oxygen atoms in total. The molecule has 0 aromatic heterocycles. The summed E-state index contributed by atoms with van der Waals surface area (Å²) in [7, 11) is 0. The van der Waals surface area contributed by atoms with Gasteiger partial charge in [0.15, 0.2) is 0 Å². The zero-order chi connectivity index (χ0) is 16.1. The van der Waals surface area contributed by atoms with Gasteiger partial charge in [-0.1, -0.05) is 18.2 Å². The van der Waals surface area contributed by atoms with Gasteiger partial charge < -0.3 is 14.7 Å². The van der Waals surface area contributed by atoms with Crippen LogP contribution in [0.5, 0.6) is 0 Å². The number of amides is 1. The molecule has 0 spiro atoms. The van der Waals surface area contributed by atoms with E-state index in [-0.39, 0.29) is 24.4 Å². The quantitative estimate of drug-likeness (QED) is 0.869. The molecule has 1 aromatic carbocycles. The zero-order valence-corrected chi connectivity index (χ0v) is 13.0. The first-order valence-electron chi connectivity index (χ1n) is 7.54. The number of allylic oxidation sites excluding steroid dienone is 2. The van der Waals surface area contributed by atoms with Crippen LogP contribution in [-0.4, -0.2) is 29.2 Å². The Bertz CT molecular complexity index is 563. The summed E-state index contributed by atoms with van der Waals surface area (Å²) in [6.45, 7) is 4.34. The molecule has 0 atom stereocenters. The standard InChI is InChI=1S/C17H22FNO3/c1-3-12(2)22-17(21)19-9-7-13(8-10-19)15-6-4-5-14(11-20)16(15)18/h3-6,13,20H,7-11H2,1-2H3/b12-3-. The van der Waals surface area contributed by atoms with Crippen molar-refractivity contribution < 1.29 is 19.0 Å². The van der Waals surface area contributed by atoms with Crippen LogP contribution in [0.25, 0.3) is 0 Å². The highest BCUT2D eigenvalue weighted by atomic mass is 19.1. The van der Waals surface area contributed by atoms with Gasteiger partial charge in [0.25, 0.3) is 0 Å².